The van der Waals surface area contributed by atoms with Crippen LogP contribution in [0, 0.1) is 10.1 Å². The van der Waals surface area contributed by atoms with Crippen molar-refractivity contribution < 1.29 is 9.72 Å². The molecule has 1 fully saturated rings. The first-order valence-corrected chi connectivity index (χ1v) is 7.92. The number of piperidine rings is 1. The second kappa shape index (κ2) is 8.11. The Balaban J connectivity index is 0.00000243. The smallest absolute Gasteiger partial charge is 0.292 e. The first-order chi connectivity index (χ1) is 12.0. The number of nitrogens with zero attached hydrogens (tertiary/aromatic N) is 4. The fourth-order valence-corrected chi connectivity index (χ4v) is 2.78. The fraction of sp³-hybridized carbons (Fsp3) is 0.400. The molecule has 10 nitrogen and oxygen atoms in total. The molecule has 0 radical (unpaired) electrons. The van der Waals surface area contributed by atoms with E-state index in [4.69, 9.17) is 5.73 Å². The Labute approximate surface area is 155 Å². The molecule has 0 atom stereocenters. The van der Waals surface area contributed by atoms with Crippen molar-refractivity contribution in [2.45, 2.75) is 18.8 Å². The van der Waals surface area contributed by atoms with E-state index in [1.165, 1.54) is 16.8 Å². The number of nitro groups is 1. The van der Waals surface area contributed by atoms with Gasteiger partial charge in [-0.2, -0.15) is 10.1 Å². The molecule has 11 heteroatoms. The average molecular weight is 382 g/mol. The summed E-state index contributed by atoms with van der Waals surface area (Å²) in [6.07, 6.45) is 1.89. The predicted molar refractivity (Wildman–Crippen MR) is 98.6 cm³/mol. The lowest BCUT2D eigenvalue weighted by Crippen LogP contribution is -2.27. The molecule has 0 saturated carbocycles. The van der Waals surface area contributed by atoms with Gasteiger partial charge in [-0.3, -0.25) is 20.2 Å². The van der Waals surface area contributed by atoms with Crippen LogP contribution >= 0.6 is 12.4 Å². The zero-order valence-electron chi connectivity index (χ0n) is 14.1. The molecule has 1 aromatic carbocycles. The van der Waals surface area contributed by atoms with E-state index in [1.807, 2.05) is 0 Å². The van der Waals surface area contributed by atoms with Gasteiger partial charge >= 0.3 is 0 Å². The van der Waals surface area contributed by atoms with Gasteiger partial charge in [-0.25, -0.2) is 4.68 Å². The molecule has 1 aliphatic heterocycles. The summed E-state index contributed by atoms with van der Waals surface area (Å²) < 4.78 is 1.50. The third-order valence-corrected chi connectivity index (χ3v) is 4.20. The van der Waals surface area contributed by atoms with E-state index in [9.17, 15) is 14.9 Å². The largest absolute Gasteiger partial charge is 0.393 e. The highest BCUT2D eigenvalue weighted by molar-refractivity contribution is 6.04. The molecule has 3 rings (SSSR count). The van der Waals surface area contributed by atoms with Crippen LogP contribution in [0.25, 0.3) is 0 Å². The van der Waals surface area contributed by atoms with E-state index in [2.05, 4.69) is 20.7 Å². The molecule has 0 bridgehead atoms. The number of nitrogens with two attached hydrogens (primary N) is 1. The van der Waals surface area contributed by atoms with Crippen molar-refractivity contribution in [3.8, 4) is 0 Å². The molecule has 0 spiro atoms. The number of amides is 1. The Morgan fingerprint density at radius 1 is 1.42 bits per heavy atom. The lowest BCUT2D eigenvalue weighted by molar-refractivity contribution is -0.383. The Morgan fingerprint density at radius 2 is 2.12 bits per heavy atom. The monoisotopic (exact) mass is 381 g/mol. The molecule has 26 heavy (non-hydrogen) atoms. The predicted octanol–water partition coefficient (Wildman–Crippen LogP) is 1.45. The normalized spacial score (nSPS) is 14.5. The zero-order valence-corrected chi connectivity index (χ0v) is 15.0. The number of halogens is 1. The van der Waals surface area contributed by atoms with E-state index in [0.717, 1.165) is 32.0 Å². The van der Waals surface area contributed by atoms with Gasteiger partial charge in [0.2, 0.25) is 5.95 Å². The maximum absolute atomic E-state index is 12.4. The van der Waals surface area contributed by atoms with Crippen LogP contribution in [-0.4, -0.2) is 38.7 Å². The highest BCUT2D eigenvalue weighted by atomic mass is 35.5. The van der Waals surface area contributed by atoms with Crippen molar-refractivity contribution in [1.29, 1.82) is 0 Å². The van der Waals surface area contributed by atoms with Gasteiger partial charge in [-0.05, 0) is 38.1 Å². The number of anilines is 2. The Bertz CT molecular complexity index is 818. The first kappa shape index (κ1) is 19.6. The molecule has 4 N–H and O–H groups in total. The fourth-order valence-electron chi connectivity index (χ4n) is 2.78. The summed E-state index contributed by atoms with van der Waals surface area (Å²) in [6, 6.07) is 3.92. The van der Waals surface area contributed by atoms with E-state index in [0.29, 0.717) is 11.8 Å². The molecule has 1 saturated heterocycles. The number of nitrogens with one attached hydrogen (secondary N) is 2. The molecule has 1 aliphatic rings. The molecule has 2 aromatic rings. The van der Waals surface area contributed by atoms with Crippen LogP contribution in [0.5, 0.6) is 0 Å². The van der Waals surface area contributed by atoms with Crippen molar-refractivity contribution in [2.24, 2.45) is 7.05 Å². The minimum Gasteiger partial charge on any atom is -0.393 e. The number of nitrogen functional groups attached to an aromatic ring is 1. The number of hydrogen-bond acceptors (Lipinski definition) is 7. The Hall–Kier alpha value is -2.72. The summed E-state index contributed by atoms with van der Waals surface area (Å²) in [5.41, 5.74) is 5.38. The molecule has 0 aliphatic carbocycles. The maximum Gasteiger partial charge on any atom is 0.292 e. The van der Waals surface area contributed by atoms with Crippen molar-refractivity contribution >= 4 is 35.6 Å². The van der Waals surface area contributed by atoms with Crippen LogP contribution in [0.3, 0.4) is 0 Å². The lowest BCUT2D eigenvalue weighted by Gasteiger charge is -2.19. The van der Waals surface area contributed by atoms with E-state index in [1.54, 1.807) is 7.05 Å². The average Bonchev–Trinajstić information content (AvgIpc) is 2.96. The number of carbonyl (C=O) groups excluding carboxylic acids is 1. The standard InChI is InChI=1S/C15H19N7O3.ClH/c1-21-15(18-13(20-21)9-4-6-17-7-5-9)19-14(23)10-2-3-11(16)12(8-10)22(24)25;/h2-3,8-9,17H,4-7,16H2,1H3,(H,18,19,20,23);1H. The number of benzene rings is 1. The zero-order chi connectivity index (χ0) is 18.0. The number of aryl methyl sites for hydroxylation is 1. The van der Waals surface area contributed by atoms with E-state index in [-0.39, 0.29) is 35.3 Å². The van der Waals surface area contributed by atoms with Gasteiger partial charge in [0, 0.05) is 24.6 Å². The minimum absolute atomic E-state index is 0. The lowest BCUT2D eigenvalue weighted by atomic mass is 9.98. The highest BCUT2D eigenvalue weighted by Crippen LogP contribution is 2.25. The molecule has 140 valence electrons. The Morgan fingerprint density at radius 3 is 2.77 bits per heavy atom. The quantitative estimate of drug-likeness (QED) is 0.413. The molecule has 1 aromatic heterocycles. The van der Waals surface area contributed by atoms with Gasteiger partial charge in [-0.15, -0.1) is 12.4 Å². The van der Waals surface area contributed by atoms with E-state index < -0.39 is 10.8 Å². The summed E-state index contributed by atoms with van der Waals surface area (Å²) >= 11 is 0. The second-order valence-corrected chi connectivity index (χ2v) is 5.93. The highest BCUT2D eigenvalue weighted by Gasteiger charge is 2.22. The van der Waals surface area contributed by atoms with Crippen molar-refractivity contribution in [1.82, 2.24) is 20.1 Å². The number of nitro benzene ring substituents is 1. The van der Waals surface area contributed by atoms with Crippen molar-refractivity contribution in [3.05, 3.63) is 39.7 Å². The summed E-state index contributed by atoms with van der Waals surface area (Å²) in [6.45, 7) is 1.83. The number of hydrogen-bond donors (Lipinski definition) is 3. The van der Waals surface area contributed by atoms with E-state index >= 15 is 0 Å². The molecular formula is C15H20ClN7O3. The topological polar surface area (TPSA) is 141 Å². The summed E-state index contributed by atoms with van der Waals surface area (Å²) in [7, 11) is 1.69. The van der Waals surface area contributed by atoms with Crippen molar-refractivity contribution in [2.75, 3.05) is 24.1 Å². The third kappa shape index (κ3) is 4.09. The van der Waals surface area contributed by atoms with Crippen LogP contribution in [0.2, 0.25) is 0 Å². The second-order valence-electron chi connectivity index (χ2n) is 5.93. The summed E-state index contributed by atoms with van der Waals surface area (Å²) in [4.78, 5) is 27.1. The van der Waals surface area contributed by atoms with Gasteiger partial charge in [-0.1, -0.05) is 0 Å². The summed E-state index contributed by atoms with van der Waals surface area (Å²) in [5.74, 6) is 0.756. The number of rotatable bonds is 4. The molecule has 2 heterocycles. The van der Waals surface area contributed by atoms with Gasteiger partial charge in [0.25, 0.3) is 11.6 Å². The van der Waals surface area contributed by atoms with Crippen LogP contribution in [0.1, 0.15) is 34.9 Å². The van der Waals surface area contributed by atoms with Crippen LogP contribution in [-0.2, 0) is 7.05 Å². The van der Waals surface area contributed by atoms with Gasteiger partial charge in [0.15, 0.2) is 5.82 Å². The molecule has 0 unspecified atom stereocenters. The van der Waals surface area contributed by atoms with Gasteiger partial charge in [0.1, 0.15) is 5.69 Å². The molecule has 1 amide bonds. The number of aromatic nitrogens is 3. The summed E-state index contributed by atoms with van der Waals surface area (Å²) in [5, 5.41) is 21.2. The molecular weight excluding hydrogens is 362 g/mol. The third-order valence-electron chi connectivity index (χ3n) is 4.20. The first-order valence-electron chi connectivity index (χ1n) is 7.92. The Kier molecular flexibility index (Phi) is 6.11. The van der Waals surface area contributed by atoms with Gasteiger partial charge in [0.05, 0.1) is 4.92 Å². The SMILES string of the molecule is Cl.Cn1nc(C2CCNCC2)nc1NC(=O)c1ccc(N)c([N+](=O)[O-])c1. The van der Waals surface area contributed by atoms with Crippen LogP contribution < -0.4 is 16.4 Å². The van der Waals surface area contributed by atoms with Crippen molar-refractivity contribution in [3.63, 3.8) is 0 Å². The van der Waals surface area contributed by atoms with Crippen LogP contribution in [0.4, 0.5) is 17.3 Å². The maximum atomic E-state index is 12.4. The number of carbonyl (C=O) groups is 1. The minimum atomic E-state index is -0.621. The van der Waals surface area contributed by atoms with Crippen LogP contribution in [0.15, 0.2) is 18.2 Å². The van der Waals surface area contributed by atoms with Gasteiger partial charge < -0.3 is 11.1 Å².